The smallest absolute Gasteiger partial charge is 0.236 e. The van der Waals surface area contributed by atoms with Crippen LogP contribution in [0.2, 0.25) is 0 Å². The molecular formula is C20H25N7OS. The number of nitrogen functional groups attached to an aromatic ring is 1. The summed E-state index contributed by atoms with van der Waals surface area (Å²) in [7, 11) is 0. The molecule has 0 unspecified atom stereocenters. The monoisotopic (exact) mass is 411 g/mol. The van der Waals surface area contributed by atoms with E-state index >= 15 is 0 Å². The summed E-state index contributed by atoms with van der Waals surface area (Å²) in [5, 5.41) is 16.5. The molecule has 3 N–H and O–H groups in total. The van der Waals surface area contributed by atoms with Crippen LogP contribution in [0.5, 0.6) is 0 Å². The number of nitrogens with one attached hydrogen (secondary N) is 1. The fourth-order valence-corrected chi connectivity index (χ4v) is 3.69. The summed E-state index contributed by atoms with van der Waals surface area (Å²) < 4.78 is 3.25. The summed E-state index contributed by atoms with van der Waals surface area (Å²) in [6, 6.07) is 11.8. The minimum atomic E-state index is -0.218. The predicted octanol–water partition coefficient (Wildman–Crippen LogP) is 3.08. The molecule has 4 rings (SSSR count). The third-order valence-corrected chi connectivity index (χ3v) is 5.60. The molecule has 1 amide bonds. The SMILES string of the molecule is CC(C)(C)c1nnc(SCC(=O)Nc2cc(C3CC3)nn2-c2ccccc2)n1N. The third-order valence-electron chi connectivity index (χ3n) is 4.66. The van der Waals surface area contributed by atoms with E-state index in [-0.39, 0.29) is 17.1 Å². The minimum absolute atomic E-state index is 0.144. The van der Waals surface area contributed by atoms with Crippen molar-refractivity contribution in [3.63, 3.8) is 0 Å². The van der Waals surface area contributed by atoms with Gasteiger partial charge >= 0.3 is 0 Å². The Morgan fingerprint density at radius 3 is 2.59 bits per heavy atom. The molecule has 152 valence electrons. The van der Waals surface area contributed by atoms with Crippen LogP contribution >= 0.6 is 11.8 Å². The van der Waals surface area contributed by atoms with E-state index in [1.54, 1.807) is 4.68 Å². The first kappa shape index (κ1) is 19.5. The van der Waals surface area contributed by atoms with Gasteiger partial charge in [-0.2, -0.15) is 5.10 Å². The quantitative estimate of drug-likeness (QED) is 0.477. The van der Waals surface area contributed by atoms with E-state index in [4.69, 9.17) is 10.9 Å². The van der Waals surface area contributed by atoms with Gasteiger partial charge in [0.05, 0.1) is 17.1 Å². The van der Waals surface area contributed by atoms with E-state index in [1.165, 1.54) is 16.4 Å². The number of rotatable bonds is 6. The first-order valence-electron chi connectivity index (χ1n) is 9.62. The molecule has 9 heteroatoms. The molecule has 1 aromatic carbocycles. The van der Waals surface area contributed by atoms with Crippen LogP contribution in [0.25, 0.3) is 5.69 Å². The summed E-state index contributed by atoms with van der Waals surface area (Å²) in [4.78, 5) is 12.6. The number of hydrogen-bond acceptors (Lipinski definition) is 6. The largest absolute Gasteiger partial charge is 0.336 e. The van der Waals surface area contributed by atoms with Gasteiger partial charge in [-0.15, -0.1) is 10.2 Å². The van der Waals surface area contributed by atoms with Crippen LogP contribution in [0.3, 0.4) is 0 Å². The second-order valence-electron chi connectivity index (χ2n) is 8.24. The molecule has 0 spiro atoms. The summed E-state index contributed by atoms with van der Waals surface area (Å²) in [6.45, 7) is 6.05. The molecule has 1 fully saturated rings. The van der Waals surface area contributed by atoms with Crippen LogP contribution in [0.1, 0.15) is 51.0 Å². The lowest BCUT2D eigenvalue weighted by Gasteiger charge is -2.16. The number of carbonyl (C=O) groups excluding carboxylic acids is 1. The standard InChI is InChI=1S/C20H25N7OS/c1-20(2,3)18-23-24-19(26(18)21)29-12-17(28)22-16-11-15(13-9-10-13)25-27(16)14-7-5-4-6-8-14/h4-8,11,13H,9-10,12,21H2,1-3H3,(H,22,28). The van der Waals surface area contributed by atoms with Crippen molar-refractivity contribution in [2.24, 2.45) is 0 Å². The number of nitrogens with zero attached hydrogens (tertiary/aromatic N) is 5. The molecule has 0 bridgehead atoms. The molecule has 1 aliphatic rings. The van der Waals surface area contributed by atoms with Crippen molar-refractivity contribution in [1.29, 1.82) is 0 Å². The number of nitrogens with two attached hydrogens (primary N) is 1. The van der Waals surface area contributed by atoms with Gasteiger partial charge in [0.15, 0.2) is 5.82 Å². The number of anilines is 1. The van der Waals surface area contributed by atoms with Crippen molar-refractivity contribution in [3.05, 3.63) is 47.9 Å². The maximum absolute atomic E-state index is 12.6. The van der Waals surface area contributed by atoms with Crippen molar-refractivity contribution in [2.75, 3.05) is 16.9 Å². The summed E-state index contributed by atoms with van der Waals surface area (Å²) in [5.41, 5.74) is 1.72. The molecule has 0 atom stereocenters. The zero-order valence-corrected chi connectivity index (χ0v) is 17.6. The highest BCUT2D eigenvalue weighted by Crippen LogP contribution is 2.40. The second-order valence-corrected chi connectivity index (χ2v) is 9.18. The molecule has 1 aliphatic carbocycles. The van der Waals surface area contributed by atoms with Gasteiger partial charge in [0.1, 0.15) is 5.82 Å². The normalized spacial score (nSPS) is 14.2. The molecule has 0 saturated heterocycles. The van der Waals surface area contributed by atoms with Crippen LogP contribution in [0.4, 0.5) is 5.82 Å². The van der Waals surface area contributed by atoms with Crippen molar-refractivity contribution < 1.29 is 4.79 Å². The van der Waals surface area contributed by atoms with Gasteiger partial charge in [0.25, 0.3) is 0 Å². The van der Waals surface area contributed by atoms with Crippen LogP contribution in [0, 0.1) is 0 Å². The minimum Gasteiger partial charge on any atom is -0.336 e. The highest BCUT2D eigenvalue weighted by atomic mass is 32.2. The first-order valence-corrected chi connectivity index (χ1v) is 10.6. The van der Waals surface area contributed by atoms with E-state index in [0.29, 0.717) is 22.7 Å². The van der Waals surface area contributed by atoms with Crippen LogP contribution in [-0.4, -0.2) is 36.3 Å². The number of benzene rings is 1. The fraction of sp³-hybridized carbons (Fsp3) is 0.400. The van der Waals surface area contributed by atoms with Gasteiger partial charge in [-0.3, -0.25) is 4.79 Å². The van der Waals surface area contributed by atoms with Gasteiger partial charge in [-0.25, -0.2) is 9.36 Å². The van der Waals surface area contributed by atoms with Crippen LogP contribution in [0.15, 0.2) is 41.6 Å². The Labute approximate surface area is 173 Å². The van der Waals surface area contributed by atoms with Crippen LogP contribution in [-0.2, 0) is 10.2 Å². The summed E-state index contributed by atoms with van der Waals surface area (Å²) in [5.74, 6) is 7.98. The number of aromatic nitrogens is 5. The molecule has 29 heavy (non-hydrogen) atoms. The van der Waals surface area contributed by atoms with E-state index in [1.807, 2.05) is 57.2 Å². The molecule has 8 nitrogen and oxygen atoms in total. The molecule has 2 aromatic heterocycles. The summed E-state index contributed by atoms with van der Waals surface area (Å²) >= 11 is 1.26. The maximum atomic E-state index is 12.6. The van der Waals surface area contributed by atoms with Crippen molar-refractivity contribution >= 4 is 23.5 Å². The Morgan fingerprint density at radius 2 is 1.97 bits per heavy atom. The topological polar surface area (TPSA) is 104 Å². The molecule has 2 heterocycles. The van der Waals surface area contributed by atoms with Gasteiger partial charge in [0, 0.05) is 17.4 Å². The molecule has 1 saturated carbocycles. The Bertz CT molecular complexity index is 1020. The maximum Gasteiger partial charge on any atom is 0.236 e. The van der Waals surface area contributed by atoms with Crippen molar-refractivity contribution in [1.82, 2.24) is 24.7 Å². The van der Waals surface area contributed by atoms with Gasteiger partial charge in [0.2, 0.25) is 11.1 Å². The van der Waals surface area contributed by atoms with E-state index < -0.39 is 0 Å². The fourth-order valence-electron chi connectivity index (χ4n) is 3.03. The third kappa shape index (κ3) is 4.29. The lowest BCUT2D eigenvalue weighted by molar-refractivity contribution is -0.113. The lowest BCUT2D eigenvalue weighted by atomic mass is 9.96. The zero-order chi connectivity index (χ0) is 20.6. The number of thioether (sulfide) groups is 1. The second kappa shape index (κ2) is 7.55. The van der Waals surface area contributed by atoms with Gasteiger partial charge in [-0.1, -0.05) is 50.7 Å². The van der Waals surface area contributed by atoms with Gasteiger partial charge in [-0.05, 0) is 25.0 Å². The molecule has 0 radical (unpaired) electrons. The predicted molar refractivity (Wildman–Crippen MR) is 114 cm³/mol. The van der Waals surface area contributed by atoms with E-state index in [0.717, 1.165) is 24.2 Å². The average molecular weight is 412 g/mol. The highest BCUT2D eigenvalue weighted by Gasteiger charge is 2.28. The molecule has 3 aromatic rings. The Kier molecular flexibility index (Phi) is 5.08. The molecule has 0 aliphatic heterocycles. The van der Waals surface area contributed by atoms with E-state index in [2.05, 4.69) is 15.5 Å². The van der Waals surface area contributed by atoms with Crippen molar-refractivity contribution in [3.8, 4) is 5.69 Å². The first-order chi connectivity index (χ1) is 13.8. The number of para-hydroxylation sites is 1. The van der Waals surface area contributed by atoms with E-state index in [9.17, 15) is 4.79 Å². The summed E-state index contributed by atoms with van der Waals surface area (Å²) in [6.07, 6.45) is 2.30. The molecular weight excluding hydrogens is 386 g/mol. The Morgan fingerprint density at radius 1 is 1.24 bits per heavy atom. The van der Waals surface area contributed by atoms with Crippen LogP contribution < -0.4 is 11.2 Å². The lowest BCUT2D eigenvalue weighted by Crippen LogP contribution is -2.24. The Hall–Kier alpha value is -2.81. The number of hydrogen-bond donors (Lipinski definition) is 2. The average Bonchev–Trinajstić information content (AvgIpc) is 3.34. The Balaban J connectivity index is 1.47. The highest BCUT2D eigenvalue weighted by molar-refractivity contribution is 7.99. The number of amides is 1. The number of carbonyl (C=O) groups is 1. The van der Waals surface area contributed by atoms with Gasteiger partial charge < -0.3 is 11.2 Å². The zero-order valence-electron chi connectivity index (χ0n) is 16.8. The van der Waals surface area contributed by atoms with Crippen molar-refractivity contribution in [2.45, 2.75) is 50.1 Å².